The van der Waals surface area contributed by atoms with Gasteiger partial charge in [0.15, 0.2) is 0 Å². The van der Waals surface area contributed by atoms with Crippen LogP contribution in [0.1, 0.15) is 48.7 Å². The summed E-state index contributed by atoms with van der Waals surface area (Å²) in [6.45, 7) is 0.772. The van der Waals surface area contributed by atoms with Crippen molar-refractivity contribution < 1.29 is 9.26 Å². The lowest BCUT2D eigenvalue weighted by Crippen LogP contribution is -2.12. The van der Waals surface area contributed by atoms with Crippen LogP contribution in [0, 0.1) is 0 Å². The normalized spacial score (nSPS) is 20.1. The van der Waals surface area contributed by atoms with Crippen molar-refractivity contribution in [2.45, 2.75) is 37.8 Å². The van der Waals surface area contributed by atoms with Crippen molar-refractivity contribution in [2.75, 3.05) is 6.61 Å². The van der Waals surface area contributed by atoms with Crippen LogP contribution in [-0.2, 0) is 11.2 Å². The molecular weight excluding hydrogens is 254 g/mol. The molecule has 2 atom stereocenters. The van der Waals surface area contributed by atoms with Crippen LogP contribution < -0.4 is 5.73 Å². The molecule has 2 heterocycles. The van der Waals surface area contributed by atoms with E-state index in [0.717, 1.165) is 32.3 Å². The molecule has 1 aromatic heterocycles. The molecule has 0 amide bonds. The second kappa shape index (κ2) is 6.15. The molecule has 20 heavy (non-hydrogen) atoms. The first kappa shape index (κ1) is 13.3. The molecule has 0 bridgehead atoms. The summed E-state index contributed by atoms with van der Waals surface area (Å²) in [6, 6.07) is 10.0. The van der Waals surface area contributed by atoms with E-state index in [0.29, 0.717) is 11.7 Å². The van der Waals surface area contributed by atoms with Gasteiger partial charge in [0.2, 0.25) is 11.7 Å². The molecule has 3 rings (SSSR count). The van der Waals surface area contributed by atoms with E-state index in [1.807, 2.05) is 18.2 Å². The van der Waals surface area contributed by atoms with Crippen LogP contribution >= 0.6 is 0 Å². The Labute approximate surface area is 118 Å². The van der Waals surface area contributed by atoms with Gasteiger partial charge in [-0.2, -0.15) is 4.98 Å². The zero-order valence-corrected chi connectivity index (χ0v) is 11.4. The zero-order valence-electron chi connectivity index (χ0n) is 11.4. The molecule has 5 heteroatoms. The number of hydrogen-bond acceptors (Lipinski definition) is 5. The van der Waals surface area contributed by atoms with Crippen molar-refractivity contribution in [3.63, 3.8) is 0 Å². The Kier molecular flexibility index (Phi) is 4.08. The highest BCUT2D eigenvalue weighted by molar-refractivity contribution is 5.15. The van der Waals surface area contributed by atoms with Crippen LogP contribution in [0.4, 0.5) is 0 Å². The van der Waals surface area contributed by atoms with E-state index < -0.39 is 0 Å². The van der Waals surface area contributed by atoms with Gasteiger partial charge in [0.05, 0.1) is 6.04 Å². The van der Waals surface area contributed by atoms with Crippen molar-refractivity contribution in [3.05, 3.63) is 47.6 Å². The maximum atomic E-state index is 6.12. The summed E-state index contributed by atoms with van der Waals surface area (Å²) in [5.74, 6) is 1.14. The third-order valence-electron chi connectivity index (χ3n) is 3.58. The fourth-order valence-electron chi connectivity index (χ4n) is 2.40. The molecule has 2 unspecified atom stereocenters. The molecule has 1 aliphatic rings. The monoisotopic (exact) mass is 273 g/mol. The highest BCUT2D eigenvalue weighted by atomic mass is 16.5. The fraction of sp³-hybridized carbons (Fsp3) is 0.467. The Bertz CT molecular complexity index is 535. The summed E-state index contributed by atoms with van der Waals surface area (Å²) < 4.78 is 10.8. The van der Waals surface area contributed by atoms with Crippen LogP contribution in [0.15, 0.2) is 34.9 Å². The predicted octanol–water partition coefficient (Wildman–Crippen LogP) is 2.55. The average Bonchev–Trinajstić information content (AvgIpc) is 3.16. The highest BCUT2D eigenvalue weighted by Crippen LogP contribution is 2.27. The number of aromatic nitrogens is 2. The van der Waals surface area contributed by atoms with Gasteiger partial charge < -0.3 is 15.0 Å². The smallest absolute Gasteiger partial charge is 0.243 e. The molecule has 0 radical (unpaired) electrons. The Morgan fingerprint density at radius 2 is 2.15 bits per heavy atom. The minimum atomic E-state index is -0.224. The highest BCUT2D eigenvalue weighted by Gasteiger charge is 2.24. The van der Waals surface area contributed by atoms with E-state index in [1.165, 1.54) is 5.56 Å². The summed E-state index contributed by atoms with van der Waals surface area (Å²) in [5.41, 5.74) is 7.38. The molecule has 1 aromatic carbocycles. The third kappa shape index (κ3) is 3.05. The lowest BCUT2D eigenvalue weighted by molar-refractivity contribution is 0.103. The predicted molar refractivity (Wildman–Crippen MR) is 73.9 cm³/mol. The zero-order chi connectivity index (χ0) is 13.8. The first-order valence-corrected chi connectivity index (χ1v) is 7.07. The molecule has 0 aliphatic carbocycles. The Morgan fingerprint density at radius 1 is 1.30 bits per heavy atom. The molecule has 1 aliphatic heterocycles. The Hall–Kier alpha value is -1.72. The quantitative estimate of drug-likeness (QED) is 0.906. The van der Waals surface area contributed by atoms with Gasteiger partial charge in [-0.15, -0.1) is 0 Å². The van der Waals surface area contributed by atoms with Gasteiger partial charge in [-0.3, -0.25) is 0 Å². The summed E-state index contributed by atoms with van der Waals surface area (Å²) in [4.78, 5) is 4.38. The SMILES string of the molecule is NC(CCc1ccccc1)c1nc(C2CCCO2)no1. The van der Waals surface area contributed by atoms with Crippen LogP contribution in [-0.4, -0.2) is 16.7 Å². The average molecular weight is 273 g/mol. The number of rotatable bonds is 5. The molecule has 5 nitrogen and oxygen atoms in total. The van der Waals surface area contributed by atoms with E-state index in [4.69, 9.17) is 15.0 Å². The second-order valence-electron chi connectivity index (χ2n) is 5.12. The number of hydrogen-bond donors (Lipinski definition) is 1. The van der Waals surface area contributed by atoms with Crippen molar-refractivity contribution in [1.82, 2.24) is 10.1 Å². The standard InChI is InChI=1S/C15H19N3O2/c16-12(9-8-11-5-2-1-3-6-11)15-17-14(18-20-15)13-7-4-10-19-13/h1-3,5-6,12-13H,4,7-10,16H2. The van der Waals surface area contributed by atoms with Crippen LogP contribution in [0.2, 0.25) is 0 Å². The van der Waals surface area contributed by atoms with Crippen molar-refractivity contribution in [2.24, 2.45) is 5.73 Å². The van der Waals surface area contributed by atoms with Gasteiger partial charge in [-0.25, -0.2) is 0 Å². The van der Waals surface area contributed by atoms with Crippen LogP contribution in [0.3, 0.4) is 0 Å². The summed E-state index contributed by atoms with van der Waals surface area (Å²) in [5, 5.41) is 3.98. The molecule has 2 N–H and O–H groups in total. The van der Waals surface area contributed by atoms with Crippen LogP contribution in [0.5, 0.6) is 0 Å². The van der Waals surface area contributed by atoms with Crippen molar-refractivity contribution in [1.29, 1.82) is 0 Å². The second-order valence-corrected chi connectivity index (χ2v) is 5.12. The van der Waals surface area contributed by atoms with E-state index in [-0.39, 0.29) is 12.1 Å². The molecule has 106 valence electrons. The van der Waals surface area contributed by atoms with Gasteiger partial charge >= 0.3 is 0 Å². The minimum absolute atomic E-state index is 0.0196. The first-order valence-electron chi connectivity index (χ1n) is 7.07. The Balaban J connectivity index is 1.58. The lowest BCUT2D eigenvalue weighted by atomic mass is 10.1. The topological polar surface area (TPSA) is 74.2 Å². The van der Waals surface area contributed by atoms with E-state index >= 15 is 0 Å². The summed E-state index contributed by atoms with van der Waals surface area (Å²) in [6.07, 6.45) is 3.68. The van der Waals surface area contributed by atoms with E-state index in [2.05, 4.69) is 22.3 Å². The summed E-state index contributed by atoms with van der Waals surface area (Å²) in [7, 11) is 0. The third-order valence-corrected chi connectivity index (χ3v) is 3.58. The maximum absolute atomic E-state index is 6.12. The number of aryl methyl sites for hydroxylation is 1. The van der Waals surface area contributed by atoms with Gasteiger partial charge in [-0.05, 0) is 31.2 Å². The van der Waals surface area contributed by atoms with Crippen molar-refractivity contribution >= 4 is 0 Å². The molecule has 1 fully saturated rings. The molecule has 0 saturated carbocycles. The first-order chi connectivity index (χ1) is 9.83. The molecule has 0 spiro atoms. The van der Waals surface area contributed by atoms with E-state index in [9.17, 15) is 0 Å². The Morgan fingerprint density at radius 3 is 2.90 bits per heavy atom. The van der Waals surface area contributed by atoms with Gasteiger partial charge in [-0.1, -0.05) is 35.5 Å². The van der Waals surface area contributed by atoms with Crippen molar-refractivity contribution in [3.8, 4) is 0 Å². The largest absolute Gasteiger partial charge is 0.370 e. The number of benzene rings is 1. The summed E-state index contributed by atoms with van der Waals surface area (Å²) >= 11 is 0. The molecule has 1 saturated heterocycles. The molecular formula is C15H19N3O2. The van der Waals surface area contributed by atoms with Gasteiger partial charge in [0.1, 0.15) is 6.10 Å². The van der Waals surface area contributed by atoms with E-state index in [1.54, 1.807) is 0 Å². The minimum Gasteiger partial charge on any atom is -0.370 e. The molecule has 2 aromatic rings. The van der Waals surface area contributed by atoms with Gasteiger partial charge in [0, 0.05) is 6.61 Å². The van der Waals surface area contributed by atoms with Gasteiger partial charge in [0.25, 0.3) is 0 Å². The number of ether oxygens (including phenoxy) is 1. The number of nitrogens with two attached hydrogens (primary N) is 1. The lowest BCUT2D eigenvalue weighted by Gasteiger charge is -2.06. The number of nitrogens with zero attached hydrogens (tertiary/aromatic N) is 2. The fourth-order valence-corrected chi connectivity index (χ4v) is 2.40. The maximum Gasteiger partial charge on any atom is 0.243 e. The van der Waals surface area contributed by atoms with Crippen LogP contribution in [0.25, 0.3) is 0 Å².